The van der Waals surface area contributed by atoms with Crippen LogP contribution in [0.15, 0.2) is 11.1 Å². The summed E-state index contributed by atoms with van der Waals surface area (Å²) in [7, 11) is 3.94. The van der Waals surface area contributed by atoms with Crippen molar-refractivity contribution in [1.82, 2.24) is 10.2 Å². The molecule has 0 fully saturated rings. The van der Waals surface area contributed by atoms with Crippen molar-refractivity contribution in [1.29, 1.82) is 0 Å². The van der Waals surface area contributed by atoms with Crippen LogP contribution in [0.5, 0.6) is 5.75 Å². The predicted molar refractivity (Wildman–Crippen MR) is 63.1 cm³/mol. The van der Waals surface area contributed by atoms with E-state index in [4.69, 9.17) is 9.47 Å². The van der Waals surface area contributed by atoms with E-state index in [2.05, 4.69) is 14.9 Å². The molecule has 0 saturated carbocycles. The number of nitrogens with zero attached hydrogens (tertiary/aromatic N) is 1. The van der Waals surface area contributed by atoms with E-state index in [0.29, 0.717) is 5.69 Å². The van der Waals surface area contributed by atoms with Crippen molar-refractivity contribution in [2.45, 2.75) is 6.92 Å². The Labute approximate surface area is 103 Å². The van der Waals surface area contributed by atoms with Gasteiger partial charge < -0.3 is 14.2 Å². The van der Waals surface area contributed by atoms with Crippen LogP contribution < -0.4 is 10.3 Å². The van der Waals surface area contributed by atoms with Crippen molar-refractivity contribution in [2.75, 3.05) is 21.3 Å². The molecular weight excluding hydrogens is 240 g/mol. The average Bonchev–Trinajstić information content (AvgIpc) is 2.38. The van der Waals surface area contributed by atoms with Gasteiger partial charge in [-0.15, -0.1) is 0 Å². The molecule has 0 aliphatic carbocycles. The van der Waals surface area contributed by atoms with Crippen LogP contribution >= 0.6 is 0 Å². The minimum absolute atomic E-state index is 0.0174. The summed E-state index contributed by atoms with van der Waals surface area (Å²) >= 11 is 0. The molecule has 0 aliphatic heterocycles. The number of H-pyrrole nitrogens is 1. The number of hydrogen-bond acceptors (Lipinski definition) is 6. The minimum atomic E-state index is -0.648. The van der Waals surface area contributed by atoms with Gasteiger partial charge in [-0.25, -0.2) is 9.89 Å². The standard InChI is InChI=1S/C11H14N2O5/c1-6-8(7(5-16-2)11(15)18-4)9(17-3)10(14)13-12-6/h5H,1-4H3,(H,13,14). The van der Waals surface area contributed by atoms with E-state index in [1.54, 1.807) is 6.92 Å². The highest BCUT2D eigenvalue weighted by molar-refractivity contribution is 6.17. The summed E-state index contributed by atoms with van der Waals surface area (Å²) in [5.74, 6) is -0.665. The number of aromatic amines is 1. The van der Waals surface area contributed by atoms with Crippen LogP contribution in [-0.2, 0) is 14.3 Å². The van der Waals surface area contributed by atoms with E-state index in [1.807, 2.05) is 0 Å². The molecule has 0 spiro atoms. The number of aromatic nitrogens is 2. The molecule has 0 amide bonds. The van der Waals surface area contributed by atoms with E-state index in [1.165, 1.54) is 27.6 Å². The van der Waals surface area contributed by atoms with Gasteiger partial charge in [0, 0.05) is 0 Å². The van der Waals surface area contributed by atoms with Crippen LogP contribution in [0, 0.1) is 6.92 Å². The first-order valence-electron chi connectivity index (χ1n) is 5.01. The largest absolute Gasteiger partial charge is 0.503 e. The number of carbonyl (C=O) groups is 1. The molecule has 0 radical (unpaired) electrons. The second-order valence-corrected chi connectivity index (χ2v) is 3.31. The molecule has 1 aromatic heterocycles. The molecule has 0 bridgehead atoms. The number of aryl methyl sites for hydroxylation is 1. The average molecular weight is 254 g/mol. The lowest BCUT2D eigenvalue weighted by atomic mass is 10.1. The molecule has 1 N–H and O–H groups in total. The summed E-state index contributed by atoms with van der Waals surface area (Å²) in [6, 6.07) is 0. The van der Waals surface area contributed by atoms with E-state index in [9.17, 15) is 9.59 Å². The molecule has 18 heavy (non-hydrogen) atoms. The highest BCUT2D eigenvalue weighted by Crippen LogP contribution is 2.25. The Balaban J connectivity index is 3.55. The third kappa shape index (κ3) is 2.50. The van der Waals surface area contributed by atoms with Gasteiger partial charge in [0.05, 0.1) is 38.8 Å². The van der Waals surface area contributed by atoms with Crippen molar-refractivity contribution in [3.05, 3.63) is 27.9 Å². The van der Waals surface area contributed by atoms with Crippen molar-refractivity contribution in [2.24, 2.45) is 0 Å². The number of carbonyl (C=O) groups excluding carboxylic acids is 1. The summed E-state index contributed by atoms with van der Waals surface area (Å²) in [6.07, 6.45) is 1.18. The molecule has 98 valence electrons. The van der Waals surface area contributed by atoms with E-state index in [0.717, 1.165) is 0 Å². The second kappa shape index (κ2) is 5.85. The van der Waals surface area contributed by atoms with E-state index < -0.39 is 11.5 Å². The molecular formula is C11H14N2O5. The number of esters is 1. The maximum Gasteiger partial charge on any atom is 0.341 e. The Hall–Kier alpha value is -2.31. The van der Waals surface area contributed by atoms with E-state index in [-0.39, 0.29) is 16.9 Å². The van der Waals surface area contributed by atoms with Gasteiger partial charge in [-0.05, 0) is 6.92 Å². The number of hydrogen-bond donors (Lipinski definition) is 1. The zero-order valence-electron chi connectivity index (χ0n) is 10.6. The smallest absolute Gasteiger partial charge is 0.341 e. The first-order valence-corrected chi connectivity index (χ1v) is 5.01. The minimum Gasteiger partial charge on any atom is -0.503 e. The lowest BCUT2D eigenvalue weighted by molar-refractivity contribution is -0.133. The number of rotatable bonds is 4. The first-order chi connectivity index (χ1) is 8.56. The lowest BCUT2D eigenvalue weighted by Crippen LogP contribution is -2.18. The quantitative estimate of drug-likeness (QED) is 0.470. The Bertz CT molecular complexity index is 533. The normalized spacial score (nSPS) is 11.0. The summed E-state index contributed by atoms with van der Waals surface area (Å²) < 4.78 is 14.4. The van der Waals surface area contributed by atoms with Gasteiger partial charge in [-0.2, -0.15) is 5.10 Å². The molecule has 7 heteroatoms. The number of nitrogens with one attached hydrogen (secondary N) is 1. The molecule has 0 aromatic carbocycles. The molecule has 0 aliphatic rings. The van der Waals surface area contributed by atoms with Gasteiger partial charge in [-0.3, -0.25) is 4.79 Å². The molecule has 1 rings (SSSR count). The Morgan fingerprint density at radius 1 is 1.33 bits per heavy atom. The molecule has 0 atom stereocenters. The highest BCUT2D eigenvalue weighted by Gasteiger charge is 2.23. The van der Waals surface area contributed by atoms with Crippen LogP contribution in [0.3, 0.4) is 0 Å². The zero-order valence-corrected chi connectivity index (χ0v) is 10.6. The maximum atomic E-state index is 11.7. The van der Waals surface area contributed by atoms with Crippen LogP contribution in [-0.4, -0.2) is 37.5 Å². The topological polar surface area (TPSA) is 90.5 Å². The Kier molecular flexibility index (Phi) is 4.47. The summed E-state index contributed by atoms with van der Waals surface area (Å²) in [5.41, 5.74) is 0.187. The first kappa shape index (κ1) is 13.8. The number of methoxy groups -OCH3 is 3. The van der Waals surface area contributed by atoms with Gasteiger partial charge in [0.15, 0.2) is 5.75 Å². The monoisotopic (exact) mass is 254 g/mol. The fraction of sp³-hybridized carbons (Fsp3) is 0.364. The second-order valence-electron chi connectivity index (χ2n) is 3.31. The molecule has 1 heterocycles. The fourth-order valence-corrected chi connectivity index (χ4v) is 1.47. The summed E-state index contributed by atoms with van der Waals surface area (Å²) in [4.78, 5) is 23.2. The van der Waals surface area contributed by atoms with Crippen LogP contribution in [0.25, 0.3) is 5.57 Å². The van der Waals surface area contributed by atoms with Gasteiger partial charge in [-0.1, -0.05) is 0 Å². The molecule has 0 unspecified atom stereocenters. The van der Waals surface area contributed by atoms with Crippen molar-refractivity contribution < 1.29 is 19.0 Å². The fourth-order valence-electron chi connectivity index (χ4n) is 1.47. The summed E-state index contributed by atoms with van der Waals surface area (Å²) in [5, 5.41) is 6.05. The van der Waals surface area contributed by atoms with Crippen molar-refractivity contribution in [3.8, 4) is 5.75 Å². The Morgan fingerprint density at radius 2 is 2.00 bits per heavy atom. The molecule has 7 nitrogen and oxygen atoms in total. The predicted octanol–water partition coefficient (Wildman–Crippen LogP) is 0.247. The van der Waals surface area contributed by atoms with Gasteiger partial charge >= 0.3 is 11.5 Å². The Morgan fingerprint density at radius 3 is 2.50 bits per heavy atom. The van der Waals surface area contributed by atoms with Crippen molar-refractivity contribution in [3.63, 3.8) is 0 Å². The SMILES string of the molecule is COC=C(C(=O)OC)c1c(C)n[nH]c(=O)c1OC. The lowest BCUT2D eigenvalue weighted by Gasteiger charge is -2.11. The van der Waals surface area contributed by atoms with Gasteiger partial charge in [0.2, 0.25) is 0 Å². The maximum absolute atomic E-state index is 11.7. The van der Waals surface area contributed by atoms with Crippen LogP contribution in [0.1, 0.15) is 11.3 Å². The van der Waals surface area contributed by atoms with E-state index >= 15 is 0 Å². The van der Waals surface area contributed by atoms with Gasteiger partial charge in [0.25, 0.3) is 0 Å². The zero-order chi connectivity index (χ0) is 13.7. The number of ether oxygens (including phenoxy) is 3. The third-order valence-electron chi connectivity index (χ3n) is 2.23. The van der Waals surface area contributed by atoms with Crippen LogP contribution in [0.4, 0.5) is 0 Å². The van der Waals surface area contributed by atoms with Crippen LogP contribution in [0.2, 0.25) is 0 Å². The van der Waals surface area contributed by atoms with Gasteiger partial charge in [0.1, 0.15) is 5.57 Å². The third-order valence-corrected chi connectivity index (χ3v) is 2.23. The van der Waals surface area contributed by atoms with Crippen molar-refractivity contribution >= 4 is 11.5 Å². The molecule has 0 saturated heterocycles. The summed E-state index contributed by atoms with van der Waals surface area (Å²) in [6.45, 7) is 1.63. The molecule has 1 aromatic rings. The highest BCUT2D eigenvalue weighted by atomic mass is 16.5.